The molecular formula is C26H27F3N2O. The van der Waals surface area contributed by atoms with Crippen LogP contribution in [0.2, 0.25) is 0 Å². The lowest BCUT2D eigenvalue weighted by atomic mass is 9.69. The molecule has 1 N–H and O–H groups in total. The zero-order chi connectivity index (χ0) is 22.4. The number of H-pyrrole nitrogens is 1. The maximum atomic E-state index is 14.5. The van der Waals surface area contributed by atoms with Crippen LogP contribution in [0, 0.1) is 29.3 Å². The summed E-state index contributed by atoms with van der Waals surface area (Å²) in [6.45, 7) is 3.83. The van der Waals surface area contributed by atoms with Crippen molar-refractivity contribution in [2.75, 3.05) is 13.1 Å². The monoisotopic (exact) mass is 440 g/mol. The van der Waals surface area contributed by atoms with Crippen LogP contribution in [-0.4, -0.2) is 28.9 Å². The molecule has 2 fully saturated rings. The molecule has 1 aromatic heterocycles. The molecule has 1 amide bonds. The van der Waals surface area contributed by atoms with Gasteiger partial charge in [-0.25, -0.2) is 13.2 Å². The zero-order valence-electron chi connectivity index (χ0n) is 18.1. The molecule has 32 heavy (non-hydrogen) atoms. The normalized spacial score (nSPS) is 23.4. The summed E-state index contributed by atoms with van der Waals surface area (Å²) in [6.07, 6.45) is 4.64. The van der Waals surface area contributed by atoms with E-state index in [-0.39, 0.29) is 29.1 Å². The number of nitrogens with zero attached hydrogens (tertiary/aromatic N) is 1. The first-order chi connectivity index (χ1) is 15.4. The fourth-order valence-electron chi connectivity index (χ4n) is 5.42. The van der Waals surface area contributed by atoms with E-state index in [0.717, 1.165) is 37.6 Å². The van der Waals surface area contributed by atoms with Crippen LogP contribution in [0.25, 0.3) is 22.2 Å². The SMILES string of the molecule is CCC1CCCN(C(=O)[C@H]2C[C@H](c3c(-c4ccc(F)cc4)[nH]c4c(F)cc(F)cc43)C2)C1. The number of halogens is 3. The van der Waals surface area contributed by atoms with Gasteiger partial charge in [0.1, 0.15) is 17.5 Å². The topological polar surface area (TPSA) is 36.1 Å². The van der Waals surface area contributed by atoms with Crippen molar-refractivity contribution in [3.8, 4) is 11.3 Å². The summed E-state index contributed by atoms with van der Waals surface area (Å²) in [5.41, 5.74) is 2.45. The summed E-state index contributed by atoms with van der Waals surface area (Å²) < 4.78 is 42.1. The summed E-state index contributed by atoms with van der Waals surface area (Å²) in [4.78, 5) is 18.2. The first kappa shape index (κ1) is 21.1. The first-order valence-electron chi connectivity index (χ1n) is 11.5. The molecule has 0 bridgehead atoms. The van der Waals surface area contributed by atoms with Gasteiger partial charge in [-0.3, -0.25) is 4.79 Å². The molecule has 0 spiro atoms. The summed E-state index contributed by atoms with van der Waals surface area (Å²) >= 11 is 0. The van der Waals surface area contributed by atoms with Gasteiger partial charge >= 0.3 is 0 Å². The maximum Gasteiger partial charge on any atom is 0.225 e. The van der Waals surface area contributed by atoms with Crippen LogP contribution < -0.4 is 0 Å². The highest BCUT2D eigenvalue weighted by Gasteiger charge is 2.40. The van der Waals surface area contributed by atoms with Crippen molar-refractivity contribution in [1.82, 2.24) is 9.88 Å². The number of nitrogens with one attached hydrogen (secondary N) is 1. The molecule has 1 atom stereocenters. The largest absolute Gasteiger partial charge is 0.352 e. The van der Waals surface area contributed by atoms with Gasteiger partial charge in [0.2, 0.25) is 5.91 Å². The zero-order valence-corrected chi connectivity index (χ0v) is 18.1. The number of benzene rings is 2. The van der Waals surface area contributed by atoms with E-state index in [1.54, 1.807) is 12.1 Å². The second-order valence-electron chi connectivity index (χ2n) is 9.30. The lowest BCUT2D eigenvalue weighted by Crippen LogP contribution is -2.45. The number of aromatic amines is 1. The van der Waals surface area contributed by atoms with Crippen molar-refractivity contribution >= 4 is 16.8 Å². The standard InChI is InChI=1S/C26H27F3N2O/c1-2-15-4-3-9-31(14-15)26(32)18-10-17(11-18)23-21-12-20(28)13-22(29)25(21)30-24(23)16-5-7-19(27)8-6-16/h5-8,12-13,15,17-18,30H,2-4,9-11,14H2,1H3/t15?,17-,18-. The molecule has 2 aromatic carbocycles. The van der Waals surface area contributed by atoms with E-state index in [1.165, 1.54) is 24.6 Å². The number of rotatable bonds is 4. The lowest BCUT2D eigenvalue weighted by Gasteiger charge is -2.40. The van der Waals surface area contributed by atoms with E-state index in [2.05, 4.69) is 11.9 Å². The summed E-state index contributed by atoms with van der Waals surface area (Å²) in [7, 11) is 0. The van der Waals surface area contributed by atoms with Crippen LogP contribution in [-0.2, 0) is 4.79 Å². The molecule has 1 aliphatic heterocycles. The summed E-state index contributed by atoms with van der Waals surface area (Å²) in [6, 6.07) is 8.20. The van der Waals surface area contributed by atoms with Gasteiger partial charge in [0.25, 0.3) is 0 Å². The minimum absolute atomic E-state index is 0.0192. The number of aromatic nitrogens is 1. The van der Waals surface area contributed by atoms with Crippen molar-refractivity contribution in [2.24, 2.45) is 11.8 Å². The number of likely N-dealkylation sites (tertiary alicyclic amines) is 1. The Morgan fingerprint density at radius 2 is 1.84 bits per heavy atom. The van der Waals surface area contributed by atoms with Gasteiger partial charge in [-0.05, 0) is 79.0 Å². The summed E-state index contributed by atoms with van der Waals surface area (Å²) in [5.74, 6) is -0.893. The first-order valence-corrected chi connectivity index (χ1v) is 11.5. The Morgan fingerprint density at radius 1 is 1.09 bits per heavy atom. The van der Waals surface area contributed by atoms with Crippen molar-refractivity contribution < 1.29 is 18.0 Å². The van der Waals surface area contributed by atoms with Crippen LogP contribution in [0.3, 0.4) is 0 Å². The Hall–Kier alpha value is -2.76. The molecule has 1 saturated carbocycles. The number of piperidine rings is 1. The third-order valence-corrected chi connectivity index (χ3v) is 7.30. The second-order valence-corrected chi connectivity index (χ2v) is 9.30. The molecule has 168 valence electrons. The van der Waals surface area contributed by atoms with Gasteiger partial charge in [0.05, 0.1) is 11.2 Å². The molecule has 1 unspecified atom stereocenters. The van der Waals surface area contributed by atoms with Crippen molar-refractivity contribution in [1.29, 1.82) is 0 Å². The lowest BCUT2D eigenvalue weighted by molar-refractivity contribution is -0.140. The number of hydrogen-bond acceptors (Lipinski definition) is 1. The molecule has 2 heterocycles. The fraction of sp³-hybridized carbons (Fsp3) is 0.423. The third kappa shape index (κ3) is 3.70. The number of carbonyl (C=O) groups is 1. The molecule has 2 aliphatic rings. The third-order valence-electron chi connectivity index (χ3n) is 7.30. The average molecular weight is 441 g/mol. The average Bonchev–Trinajstić information content (AvgIpc) is 3.12. The maximum absolute atomic E-state index is 14.5. The molecule has 5 rings (SSSR count). The van der Waals surface area contributed by atoms with Crippen molar-refractivity contribution in [3.63, 3.8) is 0 Å². The van der Waals surface area contributed by atoms with Crippen LogP contribution in [0.15, 0.2) is 36.4 Å². The van der Waals surface area contributed by atoms with Crippen molar-refractivity contribution in [2.45, 2.75) is 44.9 Å². The van der Waals surface area contributed by atoms with E-state index in [1.807, 2.05) is 4.90 Å². The molecule has 3 aromatic rings. The highest BCUT2D eigenvalue weighted by atomic mass is 19.1. The van der Waals surface area contributed by atoms with Gasteiger partial charge in [-0.15, -0.1) is 0 Å². The Labute approximate surface area is 185 Å². The molecular weight excluding hydrogens is 413 g/mol. The predicted octanol–water partition coefficient (Wildman–Crippen LogP) is 6.39. The van der Waals surface area contributed by atoms with Gasteiger partial charge in [-0.1, -0.05) is 13.3 Å². The van der Waals surface area contributed by atoms with Gasteiger partial charge in [-0.2, -0.15) is 0 Å². The molecule has 1 aliphatic carbocycles. The van der Waals surface area contributed by atoms with E-state index in [4.69, 9.17) is 0 Å². The van der Waals surface area contributed by atoms with Crippen molar-refractivity contribution in [3.05, 3.63) is 59.4 Å². The van der Waals surface area contributed by atoms with Crippen LogP contribution in [0.4, 0.5) is 13.2 Å². The highest BCUT2D eigenvalue weighted by Crippen LogP contribution is 2.49. The number of hydrogen-bond donors (Lipinski definition) is 1. The molecule has 0 radical (unpaired) electrons. The van der Waals surface area contributed by atoms with E-state index in [0.29, 0.717) is 35.4 Å². The quantitative estimate of drug-likeness (QED) is 0.501. The van der Waals surface area contributed by atoms with Crippen LogP contribution in [0.5, 0.6) is 0 Å². The number of amides is 1. The Kier molecular flexibility index (Phi) is 5.48. The van der Waals surface area contributed by atoms with E-state index < -0.39 is 11.6 Å². The second kappa shape index (κ2) is 8.30. The fourth-order valence-corrected chi connectivity index (χ4v) is 5.42. The highest BCUT2D eigenvalue weighted by molar-refractivity contribution is 5.92. The van der Waals surface area contributed by atoms with Crippen LogP contribution >= 0.6 is 0 Å². The molecule has 6 heteroatoms. The Balaban J connectivity index is 1.45. The molecule has 3 nitrogen and oxygen atoms in total. The number of fused-ring (bicyclic) bond motifs is 1. The minimum Gasteiger partial charge on any atom is -0.352 e. The smallest absolute Gasteiger partial charge is 0.225 e. The summed E-state index contributed by atoms with van der Waals surface area (Å²) in [5, 5.41) is 0.502. The van der Waals surface area contributed by atoms with Crippen LogP contribution in [0.1, 0.15) is 50.5 Å². The Bertz CT molecular complexity index is 1150. The van der Waals surface area contributed by atoms with Gasteiger partial charge in [0.15, 0.2) is 0 Å². The molecule has 1 saturated heterocycles. The van der Waals surface area contributed by atoms with E-state index >= 15 is 0 Å². The van der Waals surface area contributed by atoms with E-state index in [9.17, 15) is 18.0 Å². The van der Waals surface area contributed by atoms with Gasteiger partial charge < -0.3 is 9.88 Å². The minimum atomic E-state index is -0.652. The number of carbonyl (C=O) groups excluding carboxylic acids is 1. The Morgan fingerprint density at radius 3 is 2.56 bits per heavy atom. The van der Waals surface area contributed by atoms with Gasteiger partial charge in [0, 0.05) is 30.5 Å². The predicted molar refractivity (Wildman–Crippen MR) is 119 cm³/mol.